The summed E-state index contributed by atoms with van der Waals surface area (Å²) in [7, 11) is 2.16. The number of nitrogens with zero attached hydrogens (tertiary/aromatic N) is 1. The van der Waals surface area contributed by atoms with Gasteiger partial charge >= 0.3 is 0 Å². The monoisotopic (exact) mass is 301 g/mol. The second-order valence-corrected chi connectivity index (χ2v) is 6.74. The van der Waals surface area contributed by atoms with E-state index in [9.17, 15) is 0 Å². The Morgan fingerprint density at radius 1 is 1.15 bits per heavy atom. The number of hydrogen-bond donors (Lipinski definition) is 1. The van der Waals surface area contributed by atoms with Gasteiger partial charge in [-0.1, -0.05) is 18.2 Å². The zero-order valence-corrected chi connectivity index (χ0v) is 13.6. The van der Waals surface area contributed by atoms with E-state index in [0.717, 1.165) is 17.9 Å². The zero-order valence-electron chi connectivity index (χ0n) is 11.9. The fourth-order valence-electron chi connectivity index (χ4n) is 2.74. The highest BCUT2D eigenvalue weighted by atomic mass is 32.2. The van der Waals surface area contributed by atoms with Gasteiger partial charge in [0.15, 0.2) is 0 Å². The van der Waals surface area contributed by atoms with Crippen LogP contribution in [0.5, 0.6) is 0 Å². The molecule has 3 heteroatoms. The zero-order chi connectivity index (χ0) is 14.1. The van der Waals surface area contributed by atoms with Crippen LogP contribution >= 0.6 is 24.4 Å². The molecule has 0 bridgehead atoms. The summed E-state index contributed by atoms with van der Waals surface area (Å²) in [6, 6.07) is 13.3. The molecule has 0 amide bonds. The standard InChI is InChI=1S/C17H19NS2/c1-12-10-15-17(16(11-12)20-9-5-8-19)13-6-3-4-7-14(13)18(15)2/h3-4,6-7,10-11,19H,5,8-9H2,1-2H3. The Morgan fingerprint density at radius 3 is 2.75 bits per heavy atom. The van der Waals surface area contributed by atoms with Crippen LogP contribution in [-0.2, 0) is 7.05 Å². The van der Waals surface area contributed by atoms with E-state index >= 15 is 0 Å². The van der Waals surface area contributed by atoms with Gasteiger partial charge in [0.1, 0.15) is 0 Å². The fraction of sp³-hybridized carbons (Fsp3) is 0.294. The number of hydrogen-bond acceptors (Lipinski definition) is 2. The fourth-order valence-corrected chi connectivity index (χ4v) is 4.25. The third-order valence-corrected chi connectivity index (χ3v) is 5.12. The Balaban J connectivity index is 2.25. The summed E-state index contributed by atoms with van der Waals surface area (Å²) in [5.74, 6) is 2.09. The van der Waals surface area contributed by atoms with Crippen molar-refractivity contribution in [3.63, 3.8) is 0 Å². The van der Waals surface area contributed by atoms with Gasteiger partial charge in [0.2, 0.25) is 0 Å². The average Bonchev–Trinajstić information content (AvgIpc) is 2.73. The van der Waals surface area contributed by atoms with Crippen molar-refractivity contribution < 1.29 is 0 Å². The first-order chi connectivity index (χ1) is 9.72. The second kappa shape index (κ2) is 5.74. The van der Waals surface area contributed by atoms with E-state index in [4.69, 9.17) is 0 Å². The molecular formula is C17H19NS2. The van der Waals surface area contributed by atoms with Crippen LogP contribution in [0.4, 0.5) is 0 Å². The Morgan fingerprint density at radius 2 is 1.95 bits per heavy atom. The predicted octanol–water partition coefficient (Wildman–Crippen LogP) is 5.05. The lowest BCUT2D eigenvalue weighted by Crippen LogP contribution is -1.88. The lowest BCUT2D eigenvalue weighted by molar-refractivity contribution is 1.01. The Labute approximate surface area is 129 Å². The van der Waals surface area contributed by atoms with Crippen molar-refractivity contribution in [2.24, 2.45) is 7.05 Å². The molecule has 2 aromatic carbocycles. The first-order valence-electron chi connectivity index (χ1n) is 6.94. The first kappa shape index (κ1) is 13.9. The molecule has 0 aliphatic rings. The van der Waals surface area contributed by atoms with Crippen molar-refractivity contribution in [2.45, 2.75) is 18.2 Å². The molecule has 0 aliphatic heterocycles. The van der Waals surface area contributed by atoms with Gasteiger partial charge in [0, 0.05) is 28.2 Å². The SMILES string of the molecule is Cc1cc(SCCCS)c2c3ccccc3n(C)c2c1. The average molecular weight is 301 g/mol. The maximum absolute atomic E-state index is 4.31. The van der Waals surface area contributed by atoms with Gasteiger partial charge in [-0.15, -0.1) is 11.8 Å². The van der Waals surface area contributed by atoms with Crippen LogP contribution in [-0.4, -0.2) is 16.1 Å². The van der Waals surface area contributed by atoms with Gasteiger partial charge < -0.3 is 4.57 Å². The van der Waals surface area contributed by atoms with E-state index in [0.29, 0.717) is 0 Å². The molecule has 1 aromatic heterocycles. The maximum Gasteiger partial charge on any atom is 0.0502 e. The largest absolute Gasteiger partial charge is 0.344 e. The van der Waals surface area contributed by atoms with Crippen molar-refractivity contribution in [3.05, 3.63) is 42.0 Å². The Hall–Kier alpha value is -1.06. The molecular weight excluding hydrogens is 282 g/mol. The van der Waals surface area contributed by atoms with Crippen molar-refractivity contribution in [1.29, 1.82) is 0 Å². The number of fused-ring (bicyclic) bond motifs is 3. The summed E-state index contributed by atoms with van der Waals surface area (Å²) in [5, 5.41) is 2.76. The second-order valence-electron chi connectivity index (χ2n) is 5.16. The molecule has 0 saturated carbocycles. The predicted molar refractivity (Wildman–Crippen MR) is 94.4 cm³/mol. The molecule has 0 fully saturated rings. The number of aromatic nitrogens is 1. The number of rotatable bonds is 4. The number of aryl methyl sites for hydroxylation is 2. The van der Waals surface area contributed by atoms with Gasteiger partial charge in [-0.2, -0.15) is 12.6 Å². The molecule has 104 valence electrons. The van der Waals surface area contributed by atoms with Crippen LogP contribution in [0.15, 0.2) is 41.3 Å². The summed E-state index contributed by atoms with van der Waals surface area (Å²) in [5.41, 5.74) is 3.97. The Kier molecular flexibility index (Phi) is 3.99. The number of benzene rings is 2. The van der Waals surface area contributed by atoms with Crippen molar-refractivity contribution in [2.75, 3.05) is 11.5 Å². The van der Waals surface area contributed by atoms with Crippen molar-refractivity contribution in [1.82, 2.24) is 4.57 Å². The van der Waals surface area contributed by atoms with E-state index < -0.39 is 0 Å². The van der Waals surface area contributed by atoms with Gasteiger partial charge in [-0.05, 0) is 48.6 Å². The lowest BCUT2D eigenvalue weighted by Gasteiger charge is -2.06. The first-order valence-corrected chi connectivity index (χ1v) is 8.55. The minimum absolute atomic E-state index is 0.956. The van der Waals surface area contributed by atoms with Gasteiger partial charge in [-0.3, -0.25) is 0 Å². The van der Waals surface area contributed by atoms with E-state index in [2.05, 4.69) is 67.6 Å². The molecule has 3 rings (SSSR count). The number of thioether (sulfide) groups is 1. The van der Waals surface area contributed by atoms with Gasteiger partial charge in [-0.25, -0.2) is 0 Å². The summed E-state index contributed by atoms with van der Waals surface area (Å²) < 4.78 is 2.31. The highest BCUT2D eigenvalue weighted by Gasteiger charge is 2.12. The molecule has 1 heterocycles. The summed E-state index contributed by atoms with van der Waals surface area (Å²) in [4.78, 5) is 1.40. The summed E-state index contributed by atoms with van der Waals surface area (Å²) in [6.07, 6.45) is 1.15. The van der Waals surface area contributed by atoms with Crippen LogP contribution in [0, 0.1) is 6.92 Å². The highest BCUT2D eigenvalue weighted by molar-refractivity contribution is 7.99. The molecule has 20 heavy (non-hydrogen) atoms. The van der Waals surface area contributed by atoms with Crippen molar-refractivity contribution in [3.8, 4) is 0 Å². The van der Waals surface area contributed by atoms with E-state index in [1.54, 1.807) is 0 Å². The molecule has 0 saturated heterocycles. The molecule has 3 aromatic rings. The van der Waals surface area contributed by atoms with Crippen LogP contribution in [0.25, 0.3) is 21.8 Å². The van der Waals surface area contributed by atoms with Crippen molar-refractivity contribution >= 4 is 46.2 Å². The van der Waals surface area contributed by atoms with E-state index in [1.807, 2.05) is 11.8 Å². The maximum atomic E-state index is 4.31. The summed E-state index contributed by atoms with van der Waals surface area (Å²) in [6.45, 7) is 2.18. The van der Waals surface area contributed by atoms with Gasteiger partial charge in [0.25, 0.3) is 0 Å². The van der Waals surface area contributed by atoms with Gasteiger partial charge in [0.05, 0.1) is 5.52 Å². The molecule has 0 N–H and O–H groups in total. The number of para-hydroxylation sites is 1. The highest BCUT2D eigenvalue weighted by Crippen LogP contribution is 2.36. The van der Waals surface area contributed by atoms with Crippen LogP contribution < -0.4 is 0 Å². The topological polar surface area (TPSA) is 4.93 Å². The molecule has 0 aliphatic carbocycles. The quantitative estimate of drug-likeness (QED) is 0.401. The molecule has 0 atom stereocenters. The molecule has 0 spiro atoms. The van der Waals surface area contributed by atoms with Crippen LogP contribution in [0.3, 0.4) is 0 Å². The number of thiol groups is 1. The normalized spacial score (nSPS) is 11.6. The van der Waals surface area contributed by atoms with E-state index in [1.165, 1.54) is 32.3 Å². The Bertz CT molecular complexity index is 758. The van der Waals surface area contributed by atoms with Crippen LogP contribution in [0.2, 0.25) is 0 Å². The molecule has 0 unspecified atom stereocenters. The van der Waals surface area contributed by atoms with E-state index in [-0.39, 0.29) is 0 Å². The molecule has 1 nitrogen and oxygen atoms in total. The minimum Gasteiger partial charge on any atom is -0.344 e. The third-order valence-electron chi connectivity index (χ3n) is 3.68. The summed E-state index contributed by atoms with van der Waals surface area (Å²) >= 11 is 6.26. The minimum atomic E-state index is 0.956. The third kappa shape index (κ3) is 2.33. The smallest absolute Gasteiger partial charge is 0.0502 e. The molecule has 0 radical (unpaired) electrons. The lowest BCUT2D eigenvalue weighted by atomic mass is 10.1. The van der Waals surface area contributed by atoms with Crippen LogP contribution in [0.1, 0.15) is 12.0 Å².